The van der Waals surface area contributed by atoms with E-state index in [0.717, 1.165) is 55.8 Å². The van der Waals surface area contributed by atoms with Gasteiger partial charge in [-0.25, -0.2) is 15.0 Å². The number of furan rings is 1. The number of anilines is 2. The van der Waals surface area contributed by atoms with Crippen molar-refractivity contribution in [2.24, 2.45) is 0 Å². The first-order chi connectivity index (χ1) is 24.8. The largest absolute Gasteiger partial charge is 0.456 e. The van der Waals surface area contributed by atoms with Crippen molar-refractivity contribution in [3.63, 3.8) is 0 Å². The van der Waals surface area contributed by atoms with Gasteiger partial charge in [-0.2, -0.15) is 0 Å². The molecule has 0 spiro atoms. The summed E-state index contributed by atoms with van der Waals surface area (Å²) in [7, 11) is 0. The molecule has 0 bridgehead atoms. The van der Waals surface area contributed by atoms with Crippen LogP contribution in [0.15, 0.2) is 162 Å². The topological polar surface area (TPSA) is 67.9 Å². The highest BCUT2D eigenvalue weighted by atomic mass is 16.3. The molecule has 0 saturated heterocycles. The molecule has 6 nitrogen and oxygen atoms in total. The van der Waals surface area contributed by atoms with Crippen molar-refractivity contribution >= 4 is 28.4 Å². The molecule has 50 heavy (non-hydrogen) atoms. The molecule has 2 aliphatic rings. The Labute approximate surface area is 289 Å². The van der Waals surface area contributed by atoms with Crippen molar-refractivity contribution in [3.8, 4) is 45.3 Å². The highest BCUT2D eigenvalue weighted by Gasteiger charge is 2.43. The molecular formula is C44H29N5O. The number of para-hydroxylation sites is 2. The minimum atomic E-state index is 0.0514. The maximum absolute atomic E-state index is 6.62. The lowest BCUT2D eigenvalue weighted by Crippen LogP contribution is -2.30. The van der Waals surface area contributed by atoms with Crippen molar-refractivity contribution in [2.45, 2.75) is 12.0 Å². The second kappa shape index (κ2) is 11.5. The van der Waals surface area contributed by atoms with Crippen LogP contribution in [-0.2, 0) is 0 Å². The third-order valence-corrected chi connectivity index (χ3v) is 9.77. The molecule has 0 radical (unpaired) electrons. The van der Waals surface area contributed by atoms with Gasteiger partial charge in [-0.3, -0.25) is 4.98 Å². The van der Waals surface area contributed by atoms with E-state index >= 15 is 0 Å². The van der Waals surface area contributed by atoms with Crippen LogP contribution in [0.5, 0.6) is 0 Å². The molecule has 0 amide bonds. The van der Waals surface area contributed by atoms with Crippen molar-refractivity contribution in [3.05, 3.63) is 175 Å². The minimum absolute atomic E-state index is 0.0514. The molecule has 1 aliphatic carbocycles. The number of pyridine rings is 1. The SMILES string of the molecule is C1=CC2C(c3ccccc3N2c2ccccc2)c2c1oc1cccc(-c3nc(-c4cccnc4)nc(-c4cccc(-c5ccccc5)c4)n3)c21. The van der Waals surface area contributed by atoms with E-state index < -0.39 is 0 Å². The number of hydrogen-bond acceptors (Lipinski definition) is 6. The van der Waals surface area contributed by atoms with Gasteiger partial charge in [0.25, 0.3) is 0 Å². The molecule has 8 aromatic rings. The summed E-state index contributed by atoms with van der Waals surface area (Å²) >= 11 is 0. The highest BCUT2D eigenvalue weighted by Crippen LogP contribution is 2.54. The third kappa shape index (κ3) is 4.57. The molecule has 0 fully saturated rings. The molecule has 10 rings (SSSR count). The molecule has 3 aromatic heterocycles. The Balaban J connectivity index is 1.18. The van der Waals surface area contributed by atoms with E-state index in [1.54, 1.807) is 12.4 Å². The monoisotopic (exact) mass is 643 g/mol. The van der Waals surface area contributed by atoms with Gasteiger partial charge in [0.05, 0.1) is 6.04 Å². The predicted molar refractivity (Wildman–Crippen MR) is 199 cm³/mol. The Morgan fingerprint density at radius 3 is 2.12 bits per heavy atom. The van der Waals surface area contributed by atoms with Gasteiger partial charge in [-0.1, -0.05) is 103 Å². The molecule has 2 atom stereocenters. The normalized spacial score (nSPS) is 15.9. The van der Waals surface area contributed by atoms with Crippen LogP contribution in [0.25, 0.3) is 62.3 Å². The van der Waals surface area contributed by atoms with Gasteiger partial charge in [-0.15, -0.1) is 0 Å². The Morgan fingerprint density at radius 2 is 1.28 bits per heavy atom. The molecular weight excluding hydrogens is 615 g/mol. The van der Waals surface area contributed by atoms with Crippen molar-refractivity contribution in [1.82, 2.24) is 19.9 Å². The van der Waals surface area contributed by atoms with Gasteiger partial charge in [0.15, 0.2) is 17.5 Å². The van der Waals surface area contributed by atoms with Crippen molar-refractivity contribution < 1.29 is 4.42 Å². The van der Waals surface area contributed by atoms with Crippen LogP contribution in [0.4, 0.5) is 11.4 Å². The summed E-state index contributed by atoms with van der Waals surface area (Å²) < 4.78 is 6.62. The summed E-state index contributed by atoms with van der Waals surface area (Å²) in [5.74, 6) is 2.67. The average Bonchev–Trinajstić information content (AvgIpc) is 3.74. The van der Waals surface area contributed by atoms with Crippen LogP contribution in [0, 0.1) is 0 Å². The number of benzene rings is 5. The van der Waals surface area contributed by atoms with Crippen LogP contribution < -0.4 is 4.90 Å². The number of aromatic nitrogens is 4. The lowest BCUT2D eigenvalue weighted by molar-refractivity contribution is 0.584. The summed E-state index contributed by atoms with van der Waals surface area (Å²) in [6.45, 7) is 0. The maximum Gasteiger partial charge on any atom is 0.165 e. The van der Waals surface area contributed by atoms with E-state index in [4.69, 9.17) is 19.4 Å². The van der Waals surface area contributed by atoms with Crippen LogP contribution in [0.1, 0.15) is 22.8 Å². The van der Waals surface area contributed by atoms with Gasteiger partial charge in [0.1, 0.15) is 11.3 Å². The van der Waals surface area contributed by atoms with Crippen LogP contribution >= 0.6 is 0 Å². The summed E-state index contributed by atoms with van der Waals surface area (Å²) in [4.78, 5) is 22.2. The fourth-order valence-electron chi connectivity index (χ4n) is 7.60. The third-order valence-electron chi connectivity index (χ3n) is 9.77. The lowest BCUT2D eigenvalue weighted by Gasteiger charge is -2.30. The Hall–Kier alpha value is -6.66. The van der Waals surface area contributed by atoms with Crippen molar-refractivity contribution in [1.29, 1.82) is 0 Å². The number of nitrogens with zero attached hydrogens (tertiary/aromatic N) is 5. The van der Waals surface area contributed by atoms with E-state index in [9.17, 15) is 0 Å². The number of hydrogen-bond donors (Lipinski definition) is 0. The number of fused-ring (bicyclic) bond motifs is 7. The highest BCUT2D eigenvalue weighted by molar-refractivity contribution is 5.99. The molecule has 2 unspecified atom stereocenters. The quantitative estimate of drug-likeness (QED) is 0.186. The predicted octanol–water partition coefficient (Wildman–Crippen LogP) is 10.4. The minimum Gasteiger partial charge on any atom is -0.456 e. The fourth-order valence-corrected chi connectivity index (χ4v) is 7.60. The van der Waals surface area contributed by atoms with E-state index in [2.05, 4.69) is 131 Å². The standard InChI is InChI=1S/C44H29N5O/c1-3-12-28(13-4-1)29-14-9-15-30(26-29)42-46-43(31-16-11-25-45-27-31)48-44(47-42)34-20-10-22-37-40(34)41-38(50-37)24-23-36-39(41)33-19-7-8-21-35(33)49(36)32-17-5-2-6-18-32/h1-27,36,39H. The zero-order valence-electron chi connectivity index (χ0n) is 26.9. The molecule has 5 aromatic carbocycles. The van der Waals surface area contributed by atoms with Gasteiger partial charge >= 0.3 is 0 Å². The smallest absolute Gasteiger partial charge is 0.165 e. The van der Waals surface area contributed by atoms with Crippen molar-refractivity contribution in [2.75, 3.05) is 4.90 Å². The summed E-state index contributed by atoms with van der Waals surface area (Å²) in [6.07, 6.45) is 7.98. The van der Waals surface area contributed by atoms with Gasteiger partial charge in [-0.05, 0) is 65.2 Å². The van der Waals surface area contributed by atoms with Gasteiger partial charge in [0.2, 0.25) is 0 Å². The molecule has 0 N–H and O–H groups in total. The maximum atomic E-state index is 6.62. The summed E-state index contributed by atoms with van der Waals surface area (Å²) in [5, 5.41) is 1.03. The van der Waals surface area contributed by atoms with Crippen LogP contribution in [-0.4, -0.2) is 26.0 Å². The van der Waals surface area contributed by atoms with Gasteiger partial charge < -0.3 is 9.32 Å². The molecule has 236 valence electrons. The second-order valence-electron chi connectivity index (χ2n) is 12.6. The first-order valence-electron chi connectivity index (χ1n) is 16.8. The molecule has 6 heteroatoms. The fraction of sp³-hybridized carbons (Fsp3) is 0.0455. The van der Waals surface area contributed by atoms with Gasteiger partial charge in [0, 0.05) is 57.3 Å². The molecule has 4 heterocycles. The zero-order valence-corrected chi connectivity index (χ0v) is 26.9. The first-order valence-corrected chi connectivity index (χ1v) is 16.8. The number of rotatable bonds is 5. The van der Waals surface area contributed by atoms with Crippen LogP contribution in [0.2, 0.25) is 0 Å². The van der Waals surface area contributed by atoms with Crippen LogP contribution in [0.3, 0.4) is 0 Å². The average molecular weight is 644 g/mol. The second-order valence-corrected chi connectivity index (χ2v) is 12.6. The van der Waals surface area contributed by atoms with E-state index in [0.29, 0.717) is 17.5 Å². The summed E-state index contributed by atoms with van der Waals surface area (Å²) in [6, 6.07) is 48.2. The molecule has 1 aliphatic heterocycles. The zero-order chi connectivity index (χ0) is 33.0. The first kappa shape index (κ1) is 28.4. The Morgan fingerprint density at radius 1 is 0.580 bits per heavy atom. The lowest BCUT2D eigenvalue weighted by atomic mass is 9.82. The summed E-state index contributed by atoms with van der Waals surface area (Å²) in [5.41, 5.74) is 10.5. The van der Waals surface area contributed by atoms with E-state index in [-0.39, 0.29) is 12.0 Å². The molecule has 0 saturated carbocycles. The van der Waals surface area contributed by atoms with E-state index in [1.807, 2.05) is 30.3 Å². The van der Waals surface area contributed by atoms with E-state index in [1.165, 1.54) is 11.3 Å². The Kier molecular flexibility index (Phi) is 6.52. The Bertz CT molecular complexity index is 2560.